The van der Waals surface area contributed by atoms with Gasteiger partial charge in [0, 0.05) is 50.5 Å². The average molecular weight is 534 g/mol. The molecule has 1 aromatic heterocycles. The average Bonchev–Trinajstić information content (AvgIpc) is 3.52. The molecule has 3 aromatic rings. The van der Waals surface area contributed by atoms with Crippen molar-refractivity contribution in [3.63, 3.8) is 0 Å². The Morgan fingerprint density at radius 3 is 2.18 bits per heavy atom. The molecule has 0 aliphatic rings. The number of terminal acetylenes is 1. The molecule has 214 valence electrons. The minimum atomic E-state index is 0.0216. The van der Waals surface area contributed by atoms with Crippen molar-refractivity contribution in [3.8, 4) is 24.0 Å². The molecule has 0 saturated carbocycles. The number of nitrogens with one attached hydrogen (secondary N) is 1. The molecule has 1 heterocycles. The number of aromatic amines is 1. The van der Waals surface area contributed by atoms with Crippen molar-refractivity contribution < 1.29 is 9.53 Å². The fourth-order valence-corrected chi connectivity index (χ4v) is 4.19. The van der Waals surface area contributed by atoms with Crippen LogP contribution in [-0.2, 0) is 28.8 Å². The van der Waals surface area contributed by atoms with Crippen LogP contribution in [0.4, 0.5) is 5.69 Å². The minimum Gasteiger partial charge on any atom is -0.383 e. The van der Waals surface area contributed by atoms with E-state index in [4.69, 9.17) is 4.74 Å². The normalized spacial score (nSPS) is 10.5. The third-order valence-corrected chi connectivity index (χ3v) is 6.24. The minimum absolute atomic E-state index is 0.0216. The summed E-state index contributed by atoms with van der Waals surface area (Å²) in [5, 5.41) is 6.94. The van der Waals surface area contributed by atoms with Gasteiger partial charge in [0.1, 0.15) is 5.78 Å². The zero-order valence-corrected chi connectivity index (χ0v) is 25.6. The van der Waals surface area contributed by atoms with E-state index in [0.29, 0.717) is 18.8 Å². The van der Waals surface area contributed by atoms with E-state index in [0.717, 1.165) is 48.2 Å². The third-order valence-electron chi connectivity index (χ3n) is 6.24. The number of ketones is 1. The van der Waals surface area contributed by atoms with Crippen LogP contribution in [0, 0.1) is 18.8 Å². The van der Waals surface area contributed by atoms with Crippen LogP contribution in [0.15, 0.2) is 54.9 Å². The first-order valence-corrected chi connectivity index (χ1v) is 14.2. The number of H-pyrrole nitrogens is 1. The summed E-state index contributed by atoms with van der Waals surface area (Å²) >= 11 is 0. The molecule has 0 amide bonds. The number of anilines is 1. The SMILES string of the molecule is C#C.CC.CCC.CCc1ccccc1CC(CC)C(=O)Cc1ccc(-c2cn[nH]c2)cc1N(C)CCOC. The van der Waals surface area contributed by atoms with E-state index in [2.05, 4.69) is 105 Å². The number of benzene rings is 2. The highest BCUT2D eigenvalue weighted by Gasteiger charge is 2.21. The number of hydrogen-bond donors (Lipinski definition) is 1. The largest absolute Gasteiger partial charge is 0.383 e. The second kappa shape index (κ2) is 21.6. The number of carbonyl (C=O) groups excluding carboxylic acids is 1. The van der Waals surface area contributed by atoms with Gasteiger partial charge < -0.3 is 9.64 Å². The number of rotatable bonds is 12. The summed E-state index contributed by atoms with van der Waals surface area (Å²) in [5.41, 5.74) is 6.87. The van der Waals surface area contributed by atoms with Crippen molar-refractivity contribution in [2.75, 3.05) is 32.2 Å². The Bertz CT molecular complexity index is 1060. The number of carbonyl (C=O) groups is 1. The van der Waals surface area contributed by atoms with Gasteiger partial charge >= 0.3 is 0 Å². The molecular formula is C34H51N3O2. The monoisotopic (exact) mass is 533 g/mol. The standard InChI is InChI=1S/C27H35N3O2.C3H8.C2H6.C2H2/c1-5-20-9-7-8-10-22(20)15-21(6-2)27(31)17-24-12-11-23(25-18-28-29-19-25)16-26(24)30(3)13-14-32-4;1-3-2;2*1-2/h7-12,16,18-19,21H,5-6,13-15,17H2,1-4H3,(H,28,29);3H2,1-2H3;1-2H3;1-2H. The number of hydrogen-bond acceptors (Lipinski definition) is 4. The van der Waals surface area contributed by atoms with Crippen molar-refractivity contribution in [1.82, 2.24) is 10.2 Å². The van der Waals surface area contributed by atoms with Gasteiger partial charge in [-0.25, -0.2) is 0 Å². The van der Waals surface area contributed by atoms with Crippen LogP contribution in [0.5, 0.6) is 0 Å². The van der Waals surface area contributed by atoms with Gasteiger partial charge in [0.15, 0.2) is 0 Å². The van der Waals surface area contributed by atoms with Crippen molar-refractivity contribution in [1.29, 1.82) is 0 Å². The Morgan fingerprint density at radius 1 is 1.00 bits per heavy atom. The smallest absolute Gasteiger partial charge is 0.140 e. The van der Waals surface area contributed by atoms with Gasteiger partial charge in [0.25, 0.3) is 0 Å². The van der Waals surface area contributed by atoms with Gasteiger partial charge in [-0.15, -0.1) is 12.8 Å². The molecule has 1 atom stereocenters. The molecule has 5 heteroatoms. The van der Waals surface area contributed by atoms with E-state index in [1.54, 1.807) is 7.11 Å². The van der Waals surface area contributed by atoms with Crippen molar-refractivity contribution in [3.05, 3.63) is 71.5 Å². The van der Waals surface area contributed by atoms with Crippen molar-refractivity contribution in [2.24, 2.45) is 5.92 Å². The lowest BCUT2D eigenvalue weighted by Gasteiger charge is -2.24. The Morgan fingerprint density at radius 2 is 1.64 bits per heavy atom. The van der Waals surface area contributed by atoms with E-state index in [1.165, 1.54) is 17.5 Å². The lowest BCUT2D eigenvalue weighted by Crippen LogP contribution is -2.25. The maximum absolute atomic E-state index is 13.4. The van der Waals surface area contributed by atoms with E-state index >= 15 is 0 Å². The predicted molar refractivity (Wildman–Crippen MR) is 168 cm³/mol. The number of ether oxygens (including phenoxy) is 1. The Kier molecular flexibility index (Phi) is 19.7. The number of nitrogens with zero attached hydrogens (tertiary/aromatic N) is 2. The molecule has 0 radical (unpaired) electrons. The zero-order chi connectivity index (χ0) is 29.6. The molecule has 0 bridgehead atoms. The molecule has 0 spiro atoms. The summed E-state index contributed by atoms with van der Waals surface area (Å²) in [4.78, 5) is 15.6. The summed E-state index contributed by atoms with van der Waals surface area (Å²) in [5.74, 6) is 0.323. The van der Waals surface area contributed by atoms with Gasteiger partial charge in [0.2, 0.25) is 0 Å². The molecule has 0 aliphatic carbocycles. The van der Waals surface area contributed by atoms with Gasteiger partial charge in [-0.2, -0.15) is 5.10 Å². The quantitative estimate of drug-likeness (QED) is 0.241. The summed E-state index contributed by atoms with van der Waals surface area (Å²) in [6.45, 7) is 13.9. The second-order valence-corrected chi connectivity index (χ2v) is 9.03. The van der Waals surface area contributed by atoms with Gasteiger partial charge in [-0.1, -0.05) is 84.4 Å². The number of Topliss-reactive ketones (excluding diaryl/α,β-unsaturated/α-hetero) is 1. The second-order valence-electron chi connectivity index (χ2n) is 9.03. The highest BCUT2D eigenvalue weighted by atomic mass is 16.5. The topological polar surface area (TPSA) is 58.2 Å². The van der Waals surface area contributed by atoms with Crippen LogP contribution in [0.3, 0.4) is 0 Å². The Balaban J connectivity index is 0.00000189. The predicted octanol–water partition coefficient (Wildman–Crippen LogP) is 7.79. The lowest BCUT2D eigenvalue weighted by molar-refractivity contribution is -0.122. The van der Waals surface area contributed by atoms with Crippen molar-refractivity contribution in [2.45, 2.75) is 73.6 Å². The van der Waals surface area contributed by atoms with Gasteiger partial charge in [-0.3, -0.25) is 9.89 Å². The number of likely N-dealkylation sites (N-methyl/N-ethyl adjacent to an activating group) is 1. The highest BCUT2D eigenvalue weighted by molar-refractivity contribution is 5.86. The highest BCUT2D eigenvalue weighted by Crippen LogP contribution is 2.29. The summed E-state index contributed by atoms with van der Waals surface area (Å²) in [6, 6.07) is 14.8. The molecule has 5 nitrogen and oxygen atoms in total. The fourth-order valence-electron chi connectivity index (χ4n) is 4.19. The first kappa shape index (κ1) is 35.6. The molecule has 3 rings (SSSR count). The number of methoxy groups -OCH3 is 1. The van der Waals surface area contributed by atoms with Crippen LogP contribution < -0.4 is 4.90 Å². The van der Waals surface area contributed by atoms with Crippen LogP contribution >= 0.6 is 0 Å². The Labute approximate surface area is 238 Å². The maximum atomic E-state index is 13.4. The molecule has 0 aliphatic heterocycles. The maximum Gasteiger partial charge on any atom is 0.140 e. The van der Waals surface area contributed by atoms with Crippen LogP contribution in [-0.4, -0.2) is 43.3 Å². The zero-order valence-electron chi connectivity index (χ0n) is 25.6. The summed E-state index contributed by atoms with van der Waals surface area (Å²) < 4.78 is 5.28. The van der Waals surface area contributed by atoms with Crippen LogP contribution in [0.2, 0.25) is 0 Å². The Hall–Kier alpha value is -3.36. The molecule has 0 saturated heterocycles. The molecule has 39 heavy (non-hydrogen) atoms. The number of aromatic nitrogens is 2. The first-order valence-electron chi connectivity index (χ1n) is 14.2. The van der Waals surface area contributed by atoms with Crippen LogP contribution in [0.1, 0.15) is 71.1 Å². The first-order chi connectivity index (χ1) is 19.0. The van der Waals surface area contributed by atoms with E-state index in [-0.39, 0.29) is 5.92 Å². The van der Waals surface area contributed by atoms with E-state index in [1.807, 2.05) is 26.2 Å². The van der Waals surface area contributed by atoms with E-state index < -0.39 is 0 Å². The summed E-state index contributed by atoms with van der Waals surface area (Å²) in [7, 11) is 3.76. The summed E-state index contributed by atoms with van der Waals surface area (Å²) in [6.07, 6.45) is 16.0. The fraction of sp³-hybridized carbons (Fsp3) is 0.471. The van der Waals surface area contributed by atoms with Crippen LogP contribution in [0.25, 0.3) is 11.1 Å². The van der Waals surface area contributed by atoms with Gasteiger partial charge in [-0.05, 0) is 47.6 Å². The third kappa shape index (κ3) is 11.9. The molecule has 0 fully saturated rings. The molecule has 1 N–H and O–H groups in total. The number of aryl methyl sites for hydroxylation is 1. The molecular weight excluding hydrogens is 482 g/mol. The van der Waals surface area contributed by atoms with Crippen molar-refractivity contribution >= 4 is 11.5 Å². The molecule has 2 aromatic carbocycles. The lowest BCUT2D eigenvalue weighted by atomic mass is 9.87. The van der Waals surface area contributed by atoms with Gasteiger partial charge in [0.05, 0.1) is 12.8 Å². The van der Waals surface area contributed by atoms with E-state index in [9.17, 15) is 4.79 Å². The molecule has 1 unspecified atom stereocenters.